The maximum Gasteiger partial charge on any atom is 0.276 e. The molecule has 8 nitrogen and oxygen atoms in total. The van der Waals surface area contributed by atoms with E-state index >= 15 is 0 Å². The second kappa shape index (κ2) is 9.46. The Balaban J connectivity index is 1.76. The van der Waals surface area contributed by atoms with E-state index in [0.29, 0.717) is 41.6 Å². The van der Waals surface area contributed by atoms with Gasteiger partial charge in [0, 0.05) is 23.6 Å². The number of amides is 1. The number of nitriles is 1. The molecule has 0 aliphatic carbocycles. The molecule has 0 radical (unpaired) electrons. The predicted molar refractivity (Wildman–Crippen MR) is 129 cm³/mol. The van der Waals surface area contributed by atoms with Gasteiger partial charge in [0.2, 0.25) is 5.95 Å². The zero-order chi connectivity index (χ0) is 23.5. The van der Waals surface area contributed by atoms with Gasteiger partial charge in [-0.15, -0.1) is 0 Å². The molecule has 0 aliphatic rings. The highest BCUT2D eigenvalue weighted by atomic mass is 79.9. The van der Waals surface area contributed by atoms with E-state index in [9.17, 15) is 10.1 Å². The summed E-state index contributed by atoms with van der Waals surface area (Å²) in [6.45, 7) is 4.92. The van der Waals surface area contributed by atoms with E-state index in [0.717, 1.165) is 27.7 Å². The summed E-state index contributed by atoms with van der Waals surface area (Å²) in [5, 5.41) is 16.7. The van der Waals surface area contributed by atoms with Gasteiger partial charge in [-0.1, -0.05) is 28.1 Å². The van der Waals surface area contributed by atoms with E-state index in [-0.39, 0.29) is 5.91 Å². The van der Waals surface area contributed by atoms with Crippen molar-refractivity contribution >= 4 is 38.8 Å². The molecule has 2 heterocycles. The monoisotopic (exact) mass is 506 g/mol. The Labute approximate surface area is 199 Å². The van der Waals surface area contributed by atoms with Crippen LogP contribution in [0, 0.1) is 18.3 Å². The molecule has 4 aromatic rings. The third-order valence-electron chi connectivity index (χ3n) is 5.35. The molecule has 4 rings (SSSR count). The van der Waals surface area contributed by atoms with Crippen molar-refractivity contribution in [3.63, 3.8) is 0 Å². The molecular weight excluding hydrogens is 484 g/mol. The summed E-state index contributed by atoms with van der Waals surface area (Å²) in [4.78, 5) is 17.8. The van der Waals surface area contributed by atoms with Crippen molar-refractivity contribution in [2.75, 3.05) is 12.4 Å². The molecule has 1 amide bonds. The van der Waals surface area contributed by atoms with Gasteiger partial charge in [0.05, 0.1) is 30.0 Å². The molecule has 0 aliphatic heterocycles. The van der Waals surface area contributed by atoms with Crippen molar-refractivity contribution in [2.45, 2.75) is 33.4 Å². The molecule has 0 saturated heterocycles. The summed E-state index contributed by atoms with van der Waals surface area (Å²) < 4.78 is 10.2. The molecule has 0 bridgehead atoms. The van der Waals surface area contributed by atoms with Crippen molar-refractivity contribution < 1.29 is 9.53 Å². The van der Waals surface area contributed by atoms with Gasteiger partial charge in [-0.3, -0.25) is 14.8 Å². The largest absolute Gasteiger partial charge is 0.494 e. The number of ether oxygens (including phenoxy) is 1. The highest BCUT2D eigenvalue weighted by Gasteiger charge is 2.20. The lowest BCUT2D eigenvalue weighted by atomic mass is 10.1. The first-order valence-electron chi connectivity index (χ1n) is 10.5. The Morgan fingerprint density at radius 1 is 1.24 bits per heavy atom. The van der Waals surface area contributed by atoms with Gasteiger partial charge < -0.3 is 9.30 Å². The lowest BCUT2D eigenvalue weighted by molar-refractivity contribution is 0.101. The predicted octanol–water partition coefficient (Wildman–Crippen LogP) is 4.70. The number of aromatic nitrogens is 4. The van der Waals surface area contributed by atoms with Crippen LogP contribution in [0.3, 0.4) is 0 Å². The highest BCUT2D eigenvalue weighted by Crippen LogP contribution is 2.31. The molecule has 2 aromatic heterocycles. The van der Waals surface area contributed by atoms with Gasteiger partial charge >= 0.3 is 0 Å². The summed E-state index contributed by atoms with van der Waals surface area (Å²) in [7, 11) is 1.56. The van der Waals surface area contributed by atoms with Crippen LogP contribution in [-0.4, -0.2) is 32.3 Å². The number of nitrogens with one attached hydrogen (secondary N) is 1. The number of aryl methyl sites for hydroxylation is 4. The van der Waals surface area contributed by atoms with Crippen molar-refractivity contribution in [1.29, 1.82) is 5.26 Å². The first kappa shape index (κ1) is 22.6. The number of carbonyl (C=O) groups is 1. The van der Waals surface area contributed by atoms with Gasteiger partial charge in [0.25, 0.3) is 5.91 Å². The van der Waals surface area contributed by atoms with Gasteiger partial charge in [-0.2, -0.15) is 10.4 Å². The Kier molecular flexibility index (Phi) is 6.47. The lowest BCUT2D eigenvalue weighted by Crippen LogP contribution is -2.20. The number of hydrogen-bond donors (Lipinski definition) is 1. The van der Waals surface area contributed by atoms with Crippen LogP contribution in [0.5, 0.6) is 5.75 Å². The lowest BCUT2D eigenvalue weighted by Gasteiger charge is -2.12. The number of imidazole rings is 1. The van der Waals surface area contributed by atoms with Gasteiger partial charge in [0.15, 0.2) is 0 Å². The quantitative estimate of drug-likeness (QED) is 0.391. The zero-order valence-electron chi connectivity index (χ0n) is 18.6. The molecule has 9 heteroatoms. The van der Waals surface area contributed by atoms with E-state index in [1.807, 2.05) is 30.5 Å². The topological polar surface area (TPSA) is 97.8 Å². The van der Waals surface area contributed by atoms with Crippen LogP contribution in [0.1, 0.15) is 34.2 Å². The number of carbonyl (C=O) groups excluding carboxylic acids is 1. The fourth-order valence-electron chi connectivity index (χ4n) is 3.79. The molecule has 0 spiro atoms. The fourth-order valence-corrected chi connectivity index (χ4v) is 4.05. The fraction of sp³-hybridized carbons (Fsp3) is 0.250. The van der Waals surface area contributed by atoms with E-state index in [4.69, 9.17) is 4.74 Å². The number of hydrogen-bond acceptors (Lipinski definition) is 5. The van der Waals surface area contributed by atoms with Crippen molar-refractivity contribution in [3.05, 3.63) is 69.5 Å². The first-order valence-corrected chi connectivity index (χ1v) is 11.3. The number of anilines is 1. The summed E-state index contributed by atoms with van der Waals surface area (Å²) in [6.07, 6.45) is 0.719. The smallest absolute Gasteiger partial charge is 0.276 e. The Morgan fingerprint density at radius 2 is 2.00 bits per heavy atom. The van der Waals surface area contributed by atoms with Crippen molar-refractivity contribution in [3.8, 4) is 11.8 Å². The normalized spacial score (nSPS) is 10.9. The van der Waals surface area contributed by atoms with Gasteiger partial charge in [-0.05, 0) is 50.1 Å². The minimum absolute atomic E-state index is 0.294. The zero-order valence-corrected chi connectivity index (χ0v) is 20.2. The van der Waals surface area contributed by atoms with Crippen molar-refractivity contribution in [2.24, 2.45) is 0 Å². The number of nitrogens with zero attached hydrogens (tertiary/aromatic N) is 5. The molecule has 1 N–H and O–H groups in total. The average molecular weight is 507 g/mol. The van der Waals surface area contributed by atoms with Crippen LogP contribution in [-0.2, 0) is 19.5 Å². The molecule has 0 saturated carbocycles. The summed E-state index contributed by atoms with van der Waals surface area (Å²) in [5.41, 5.74) is 4.12. The molecule has 0 atom stereocenters. The third-order valence-corrected chi connectivity index (χ3v) is 5.88. The standard InChI is InChI=1S/C24H23BrN6O2/c1-4-31-20(11-15(2)29-31)23(32)28-24-27-19-12-17(14-26)13-21(33-3)22(19)30(24)10-9-16-5-7-18(25)8-6-16/h5-8,11-13H,4,9-10H2,1-3H3,(H,27,28,32). The summed E-state index contributed by atoms with van der Waals surface area (Å²) in [6, 6.07) is 15.4. The second-order valence-corrected chi connectivity index (χ2v) is 8.48. The summed E-state index contributed by atoms with van der Waals surface area (Å²) >= 11 is 3.46. The Hall–Kier alpha value is -3.64. The van der Waals surface area contributed by atoms with E-state index in [2.05, 4.69) is 49.5 Å². The SMILES string of the molecule is CCn1nc(C)cc1C(=O)Nc1nc2cc(C#N)cc(OC)c2n1CCc1ccc(Br)cc1. The first-order chi connectivity index (χ1) is 15.9. The number of halogens is 1. The third kappa shape index (κ3) is 4.61. The van der Waals surface area contributed by atoms with Crippen LogP contribution in [0.2, 0.25) is 0 Å². The van der Waals surface area contributed by atoms with E-state index < -0.39 is 0 Å². The number of benzene rings is 2. The minimum atomic E-state index is -0.294. The van der Waals surface area contributed by atoms with E-state index in [1.165, 1.54) is 0 Å². The average Bonchev–Trinajstić information content (AvgIpc) is 3.37. The summed E-state index contributed by atoms with van der Waals surface area (Å²) in [5.74, 6) is 0.626. The minimum Gasteiger partial charge on any atom is -0.494 e. The highest BCUT2D eigenvalue weighted by molar-refractivity contribution is 9.10. The van der Waals surface area contributed by atoms with Crippen LogP contribution in [0.25, 0.3) is 11.0 Å². The second-order valence-electron chi connectivity index (χ2n) is 7.56. The van der Waals surface area contributed by atoms with Crippen LogP contribution < -0.4 is 10.1 Å². The molecule has 2 aromatic carbocycles. The number of rotatable bonds is 7. The molecular formula is C24H23BrN6O2. The van der Waals surface area contributed by atoms with Crippen LogP contribution in [0.4, 0.5) is 5.95 Å². The molecule has 0 fully saturated rings. The Morgan fingerprint density at radius 3 is 2.67 bits per heavy atom. The van der Waals surface area contributed by atoms with Gasteiger partial charge in [0.1, 0.15) is 17.0 Å². The van der Waals surface area contributed by atoms with E-state index in [1.54, 1.807) is 30.0 Å². The van der Waals surface area contributed by atoms with Crippen molar-refractivity contribution in [1.82, 2.24) is 19.3 Å². The number of fused-ring (bicyclic) bond motifs is 1. The molecule has 168 valence electrons. The van der Waals surface area contributed by atoms with Crippen LogP contribution in [0.15, 0.2) is 46.9 Å². The molecule has 0 unspecified atom stereocenters. The van der Waals surface area contributed by atoms with Crippen LogP contribution >= 0.6 is 15.9 Å². The Bertz CT molecular complexity index is 1360. The number of methoxy groups -OCH3 is 1. The maximum atomic E-state index is 13.1. The van der Waals surface area contributed by atoms with Gasteiger partial charge in [-0.25, -0.2) is 4.98 Å². The maximum absolute atomic E-state index is 13.1. The molecule has 33 heavy (non-hydrogen) atoms.